The Bertz CT molecular complexity index is 615. The Morgan fingerprint density at radius 2 is 2.21 bits per heavy atom. The average molecular weight is 282 g/mol. The lowest BCUT2D eigenvalue weighted by Crippen LogP contribution is -2.03. The van der Waals surface area contributed by atoms with Crippen LogP contribution in [0.25, 0.3) is 0 Å². The molecule has 19 heavy (non-hydrogen) atoms. The standard InChI is InChI=1S/C12H14N2O4S/c1-8(2)14-6-5-9(13-14)7-19(17)11-4-3-10(18-11)12(15)16/h3-6,8H,7H2,1-2H3,(H,15,16). The van der Waals surface area contributed by atoms with E-state index in [9.17, 15) is 9.00 Å². The number of carboxylic acid groups (broad SMARTS) is 1. The van der Waals surface area contributed by atoms with Gasteiger partial charge in [-0.05, 0) is 32.0 Å². The van der Waals surface area contributed by atoms with Gasteiger partial charge in [0.2, 0.25) is 5.76 Å². The molecule has 102 valence electrons. The summed E-state index contributed by atoms with van der Waals surface area (Å²) in [7, 11) is -1.44. The first-order valence-corrected chi connectivity index (χ1v) is 7.05. The largest absolute Gasteiger partial charge is 0.475 e. The molecule has 0 radical (unpaired) electrons. The Morgan fingerprint density at radius 3 is 2.74 bits per heavy atom. The summed E-state index contributed by atoms with van der Waals surface area (Å²) in [5, 5.41) is 13.2. The number of furan rings is 1. The van der Waals surface area contributed by atoms with Crippen LogP contribution >= 0.6 is 0 Å². The normalized spacial score (nSPS) is 12.8. The topological polar surface area (TPSA) is 85.3 Å². The molecule has 0 fully saturated rings. The monoisotopic (exact) mass is 282 g/mol. The van der Waals surface area contributed by atoms with Crippen LogP contribution < -0.4 is 0 Å². The highest BCUT2D eigenvalue weighted by atomic mass is 32.2. The van der Waals surface area contributed by atoms with Crippen LogP contribution in [0.15, 0.2) is 33.9 Å². The van der Waals surface area contributed by atoms with Crippen LogP contribution in [-0.2, 0) is 16.6 Å². The third-order valence-electron chi connectivity index (χ3n) is 2.49. The van der Waals surface area contributed by atoms with E-state index in [1.54, 1.807) is 10.7 Å². The van der Waals surface area contributed by atoms with Gasteiger partial charge in [-0.2, -0.15) is 5.10 Å². The first-order chi connectivity index (χ1) is 8.97. The molecule has 1 N–H and O–H groups in total. The lowest BCUT2D eigenvalue weighted by atomic mass is 10.4. The molecule has 2 aromatic heterocycles. The highest BCUT2D eigenvalue weighted by Gasteiger charge is 2.15. The van der Waals surface area contributed by atoms with E-state index in [2.05, 4.69) is 5.10 Å². The second-order valence-corrected chi connectivity index (χ2v) is 5.68. The van der Waals surface area contributed by atoms with Crippen LogP contribution in [0.1, 0.15) is 36.1 Å². The Morgan fingerprint density at radius 1 is 1.47 bits per heavy atom. The van der Waals surface area contributed by atoms with E-state index in [1.165, 1.54) is 12.1 Å². The summed E-state index contributed by atoms with van der Waals surface area (Å²) in [6.07, 6.45) is 1.82. The number of aromatic carboxylic acids is 1. The highest BCUT2D eigenvalue weighted by molar-refractivity contribution is 7.84. The van der Waals surface area contributed by atoms with Gasteiger partial charge in [0.25, 0.3) is 0 Å². The molecule has 0 spiro atoms. The summed E-state index contributed by atoms with van der Waals surface area (Å²) in [6.45, 7) is 4.00. The molecule has 0 bridgehead atoms. The van der Waals surface area contributed by atoms with Gasteiger partial charge in [0.05, 0.1) is 22.2 Å². The van der Waals surface area contributed by atoms with Gasteiger partial charge in [0, 0.05) is 12.2 Å². The van der Waals surface area contributed by atoms with Gasteiger partial charge < -0.3 is 9.52 Å². The van der Waals surface area contributed by atoms with Gasteiger partial charge in [-0.3, -0.25) is 8.89 Å². The first-order valence-electron chi connectivity index (χ1n) is 5.73. The predicted molar refractivity (Wildman–Crippen MR) is 68.4 cm³/mol. The highest BCUT2D eigenvalue weighted by Crippen LogP contribution is 2.16. The third-order valence-corrected chi connectivity index (χ3v) is 3.71. The van der Waals surface area contributed by atoms with E-state index in [4.69, 9.17) is 9.52 Å². The van der Waals surface area contributed by atoms with E-state index < -0.39 is 16.8 Å². The summed E-state index contributed by atoms with van der Waals surface area (Å²) in [5.41, 5.74) is 0.681. The van der Waals surface area contributed by atoms with Crippen molar-refractivity contribution in [1.29, 1.82) is 0 Å². The maximum absolute atomic E-state index is 12.0. The van der Waals surface area contributed by atoms with E-state index >= 15 is 0 Å². The fraction of sp³-hybridized carbons (Fsp3) is 0.333. The van der Waals surface area contributed by atoms with Gasteiger partial charge >= 0.3 is 5.97 Å². The molecule has 7 heteroatoms. The Balaban J connectivity index is 2.09. The molecule has 2 rings (SSSR count). The van der Waals surface area contributed by atoms with Crippen molar-refractivity contribution >= 4 is 16.8 Å². The van der Waals surface area contributed by atoms with Gasteiger partial charge in [-0.1, -0.05) is 0 Å². The smallest absolute Gasteiger partial charge is 0.371 e. The van der Waals surface area contributed by atoms with E-state index in [0.717, 1.165) is 0 Å². The summed E-state index contributed by atoms with van der Waals surface area (Å²) >= 11 is 0. The summed E-state index contributed by atoms with van der Waals surface area (Å²) in [6, 6.07) is 4.74. The van der Waals surface area contributed by atoms with Crippen molar-refractivity contribution in [1.82, 2.24) is 9.78 Å². The fourth-order valence-corrected chi connectivity index (χ4v) is 2.47. The second-order valence-electron chi connectivity index (χ2n) is 4.29. The van der Waals surface area contributed by atoms with Crippen LogP contribution in [0, 0.1) is 0 Å². The van der Waals surface area contributed by atoms with Crippen molar-refractivity contribution in [2.75, 3.05) is 0 Å². The van der Waals surface area contributed by atoms with Crippen LogP contribution in [0.5, 0.6) is 0 Å². The quantitative estimate of drug-likeness (QED) is 0.907. The molecule has 2 aromatic rings. The first kappa shape index (κ1) is 13.5. The number of carbonyl (C=O) groups is 1. The molecule has 0 aliphatic heterocycles. The molecule has 0 aromatic carbocycles. The molecular formula is C12H14N2O4S. The molecule has 0 aliphatic rings. The Labute approximate surface area is 112 Å². The summed E-state index contributed by atoms with van der Waals surface area (Å²) in [4.78, 5) is 10.7. The number of carboxylic acids is 1. The lowest BCUT2D eigenvalue weighted by molar-refractivity contribution is 0.0656. The zero-order chi connectivity index (χ0) is 14.0. The lowest BCUT2D eigenvalue weighted by Gasteiger charge is -2.03. The van der Waals surface area contributed by atoms with Gasteiger partial charge in [0.1, 0.15) is 0 Å². The molecule has 2 heterocycles. The SMILES string of the molecule is CC(C)n1ccc(CS(=O)c2ccc(C(=O)O)o2)n1. The third kappa shape index (κ3) is 3.11. The van der Waals surface area contributed by atoms with Crippen molar-refractivity contribution in [3.8, 4) is 0 Å². The number of rotatable bonds is 5. The van der Waals surface area contributed by atoms with E-state index in [0.29, 0.717) is 5.69 Å². The minimum atomic E-state index is -1.44. The van der Waals surface area contributed by atoms with Crippen LogP contribution in [-0.4, -0.2) is 25.1 Å². The predicted octanol–water partition coefficient (Wildman–Crippen LogP) is 2.06. The van der Waals surface area contributed by atoms with Crippen molar-refractivity contribution in [2.45, 2.75) is 30.7 Å². The fourth-order valence-electron chi connectivity index (χ4n) is 1.50. The van der Waals surface area contributed by atoms with Gasteiger partial charge in [0.15, 0.2) is 5.09 Å². The molecule has 0 saturated heterocycles. The van der Waals surface area contributed by atoms with Crippen LogP contribution in [0.3, 0.4) is 0 Å². The Kier molecular flexibility index (Phi) is 3.84. The van der Waals surface area contributed by atoms with Gasteiger partial charge in [-0.15, -0.1) is 0 Å². The maximum Gasteiger partial charge on any atom is 0.371 e. The molecule has 0 amide bonds. The average Bonchev–Trinajstić information content (AvgIpc) is 2.96. The van der Waals surface area contributed by atoms with Crippen molar-refractivity contribution in [3.63, 3.8) is 0 Å². The number of nitrogens with zero attached hydrogens (tertiary/aromatic N) is 2. The van der Waals surface area contributed by atoms with Crippen LogP contribution in [0.4, 0.5) is 0 Å². The number of hydrogen-bond donors (Lipinski definition) is 1. The maximum atomic E-state index is 12.0. The van der Waals surface area contributed by atoms with E-state index in [-0.39, 0.29) is 22.6 Å². The van der Waals surface area contributed by atoms with Crippen molar-refractivity contribution in [3.05, 3.63) is 35.9 Å². The van der Waals surface area contributed by atoms with Crippen molar-refractivity contribution in [2.24, 2.45) is 0 Å². The summed E-state index contributed by atoms with van der Waals surface area (Å²) < 4.78 is 18.8. The zero-order valence-electron chi connectivity index (χ0n) is 10.6. The molecule has 1 unspecified atom stereocenters. The van der Waals surface area contributed by atoms with Crippen molar-refractivity contribution < 1.29 is 18.5 Å². The zero-order valence-corrected chi connectivity index (χ0v) is 11.4. The van der Waals surface area contributed by atoms with Crippen LogP contribution in [0.2, 0.25) is 0 Å². The minimum Gasteiger partial charge on any atom is -0.475 e. The number of hydrogen-bond acceptors (Lipinski definition) is 4. The molecule has 0 saturated carbocycles. The summed E-state index contributed by atoms with van der Waals surface area (Å²) in [5.74, 6) is -1.19. The molecule has 0 aliphatic carbocycles. The number of aromatic nitrogens is 2. The molecular weight excluding hydrogens is 268 g/mol. The molecule has 1 atom stereocenters. The minimum absolute atomic E-state index is 0.150. The molecule has 6 nitrogen and oxygen atoms in total. The van der Waals surface area contributed by atoms with Gasteiger partial charge in [-0.25, -0.2) is 4.79 Å². The van der Waals surface area contributed by atoms with E-state index in [1.807, 2.05) is 20.0 Å². The second kappa shape index (κ2) is 5.40. The Hall–Kier alpha value is -1.89.